The summed E-state index contributed by atoms with van der Waals surface area (Å²) in [6, 6.07) is 8.98. The first-order valence-corrected chi connectivity index (χ1v) is 6.35. The van der Waals surface area contributed by atoms with Gasteiger partial charge in [-0.05, 0) is 32.5 Å². The van der Waals surface area contributed by atoms with Crippen LogP contribution in [-0.2, 0) is 6.54 Å². The van der Waals surface area contributed by atoms with E-state index in [2.05, 4.69) is 22.3 Å². The normalized spacial score (nSPS) is 20.7. The second-order valence-corrected chi connectivity index (χ2v) is 4.64. The molecule has 0 saturated carbocycles. The molecule has 1 fully saturated rings. The van der Waals surface area contributed by atoms with E-state index in [-0.39, 0.29) is 0 Å². The molecule has 3 nitrogen and oxygen atoms in total. The van der Waals surface area contributed by atoms with E-state index in [4.69, 9.17) is 4.74 Å². The third kappa shape index (κ3) is 2.99. The molecule has 1 unspecified atom stereocenters. The maximum Gasteiger partial charge on any atom is 0.123 e. The number of hydrogen-bond acceptors (Lipinski definition) is 3. The summed E-state index contributed by atoms with van der Waals surface area (Å²) in [4.78, 5) is 2.55. The van der Waals surface area contributed by atoms with E-state index >= 15 is 0 Å². The summed E-state index contributed by atoms with van der Waals surface area (Å²) in [5, 5.41) is 3.28. The third-order valence-corrected chi connectivity index (χ3v) is 3.50. The molecule has 0 bridgehead atoms. The van der Waals surface area contributed by atoms with E-state index < -0.39 is 0 Å². The number of benzene rings is 1. The van der Waals surface area contributed by atoms with Crippen LogP contribution >= 0.6 is 0 Å². The smallest absolute Gasteiger partial charge is 0.123 e. The molecule has 17 heavy (non-hydrogen) atoms. The minimum atomic E-state index is 0.671. The van der Waals surface area contributed by atoms with E-state index in [1.54, 1.807) is 7.11 Å². The predicted octanol–water partition coefficient (Wildman–Crippen LogP) is 1.88. The minimum absolute atomic E-state index is 0.671. The Morgan fingerprint density at radius 1 is 1.41 bits per heavy atom. The van der Waals surface area contributed by atoms with Crippen LogP contribution in [0.25, 0.3) is 0 Å². The highest BCUT2D eigenvalue weighted by Gasteiger charge is 2.24. The molecular formula is C14H22N2O. The van der Waals surface area contributed by atoms with Crippen molar-refractivity contribution in [1.82, 2.24) is 10.2 Å². The van der Waals surface area contributed by atoms with E-state index in [9.17, 15) is 0 Å². The van der Waals surface area contributed by atoms with Crippen molar-refractivity contribution in [3.05, 3.63) is 29.8 Å². The van der Waals surface area contributed by atoms with Crippen LogP contribution in [-0.4, -0.2) is 38.2 Å². The molecule has 0 amide bonds. The molecule has 1 aromatic rings. The Balaban J connectivity index is 2.04. The molecule has 3 heteroatoms. The fourth-order valence-corrected chi connectivity index (χ4v) is 2.62. The Hall–Kier alpha value is -1.06. The van der Waals surface area contributed by atoms with Gasteiger partial charge in [-0.25, -0.2) is 0 Å². The number of rotatable bonds is 5. The largest absolute Gasteiger partial charge is 0.496 e. The van der Waals surface area contributed by atoms with Crippen molar-refractivity contribution in [2.75, 3.05) is 27.2 Å². The number of methoxy groups -OCH3 is 1. The molecule has 1 aliphatic heterocycles. The topological polar surface area (TPSA) is 24.5 Å². The monoisotopic (exact) mass is 234 g/mol. The summed E-state index contributed by atoms with van der Waals surface area (Å²) in [5.74, 6) is 1.00. The van der Waals surface area contributed by atoms with E-state index in [0.717, 1.165) is 18.8 Å². The van der Waals surface area contributed by atoms with Gasteiger partial charge in [-0.1, -0.05) is 18.2 Å². The standard InChI is InChI=1S/C14H22N2O/c1-15-10-13-7-5-9-16(13)11-12-6-3-4-8-14(12)17-2/h3-4,6,8,13,15H,5,7,9-11H2,1-2H3. The Labute approximate surface area is 104 Å². The van der Waals surface area contributed by atoms with Gasteiger partial charge in [-0.15, -0.1) is 0 Å². The van der Waals surface area contributed by atoms with Crippen LogP contribution in [0, 0.1) is 0 Å². The van der Waals surface area contributed by atoms with Crippen LogP contribution in [0.5, 0.6) is 5.75 Å². The first-order chi connectivity index (χ1) is 8.35. The number of likely N-dealkylation sites (N-methyl/N-ethyl adjacent to an activating group) is 1. The lowest BCUT2D eigenvalue weighted by Crippen LogP contribution is -2.36. The number of likely N-dealkylation sites (tertiary alicyclic amines) is 1. The van der Waals surface area contributed by atoms with Crippen LogP contribution in [0.4, 0.5) is 0 Å². The van der Waals surface area contributed by atoms with Gasteiger partial charge in [0.15, 0.2) is 0 Å². The number of ether oxygens (including phenoxy) is 1. The van der Waals surface area contributed by atoms with Crippen LogP contribution in [0.2, 0.25) is 0 Å². The predicted molar refractivity (Wildman–Crippen MR) is 70.4 cm³/mol. The van der Waals surface area contributed by atoms with Gasteiger partial charge in [0.05, 0.1) is 7.11 Å². The van der Waals surface area contributed by atoms with Crippen LogP contribution in [0.15, 0.2) is 24.3 Å². The summed E-state index contributed by atoms with van der Waals surface area (Å²) < 4.78 is 5.41. The molecule has 2 rings (SSSR count). The van der Waals surface area contributed by atoms with Gasteiger partial charge in [-0.2, -0.15) is 0 Å². The lowest BCUT2D eigenvalue weighted by molar-refractivity contribution is 0.239. The number of nitrogens with zero attached hydrogens (tertiary/aromatic N) is 1. The van der Waals surface area contributed by atoms with Gasteiger partial charge in [0.1, 0.15) is 5.75 Å². The van der Waals surface area contributed by atoms with Crippen LogP contribution in [0.3, 0.4) is 0 Å². The Morgan fingerprint density at radius 2 is 2.24 bits per heavy atom. The highest BCUT2D eigenvalue weighted by molar-refractivity contribution is 5.33. The molecule has 0 spiro atoms. The van der Waals surface area contributed by atoms with Crippen molar-refractivity contribution in [2.45, 2.75) is 25.4 Å². The van der Waals surface area contributed by atoms with Crippen molar-refractivity contribution in [2.24, 2.45) is 0 Å². The molecule has 0 aromatic heterocycles. The van der Waals surface area contributed by atoms with Crippen LogP contribution in [0.1, 0.15) is 18.4 Å². The highest BCUT2D eigenvalue weighted by atomic mass is 16.5. The molecule has 1 aromatic carbocycles. The first-order valence-electron chi connectivity index (χ1n) is 6.35. The average Bonchev–Trinajstić information content (AvgIpc) is 2.78. The highest BCUT2D eigenvalue weighted by Crippen LogP contribution is 2.24. The van der Waals surface area contributed by atoms with Gasteiger partial charge < -0.3 is 10.1 Å². The maximum absolute atomic E-state index is 5.41. The zero-order chi connectivity index (χ0) is 12.1. The van der Waals surface area contributed by atoms with Gasteiger partial charge in [-0.3, -0.25) is 4.90 Å². The zero-order valence-electron chi connectivity index (χ0n) is 10.8. The van der Waals surface area contributed by atoms with Crippen molar-refractivity contribution < 1.29 is 4.74 Å². The van der Waals surface area contributed by atoms with Gasteiger partial charge in [0.2, 0.25) is 0 Å². The quantitative estimate of drug-likeness (QED) is 0.842. The van der Waals surface area contributed by atoms with E-state index in [1.165, 1.54) is 24.9 Å². The van der Waals surface area contributed by atoms with E-state index in [1.807, 2.05) is 19.2 Å². The van der Waals surface area contributed by atoms with Crippen molar-refractivity contribution in [1.29, 1.82) is 0 Å². The molecule has 94 valence electrons. The van der Waals surface area contributed by atoms with Gasteiger partial charge >= 0.3 is 0 Å². The Kier molecular flexibility index (Phi) is 4.40. The summed E-state index contributed by atoms with van der Waals surface area (Å²) in [7, 11) is 3.77. The first kappa shape index (κ1) is 12.4. The van der Waals surface area contributed by atoms with Crippen LogP contribution < -0.4 is 10.1 Å². The lowest BCUT2D eigenvalue weighted by Gasteiger charge is -2.25. The molecule has 0 radical (unpaired) electrons. The zero-order valence-corrected chi connectivity index (χ0v) is 10.8. The summed E-state index contributed by atoms with van der Waals surface area (Å²) >= 11 is 0. The second kappa shape index (κ2) is 6.03. The number of para-hydroxylation sites is 1. The molecule has 1 heterocycles. The molecule has 1 aliphatic rings. The maximum atomic E-state index is 5.41. The lowest BCUT2D eigenvalue weighted by atomic mass is 10.1. The summed E-state index contributed by atoms with van der Waals surface area (Å²) in [5.41, 5.74) is 1.29. The minimum Gasteiger partial charge on any atom is -0.496 e. The summed E-state index contributed by atoms with van der Waals surface area (Å²) in [6.45, 7) is 3.27. The van der Waals surface area contributed by atoms with Crippen molar-refractivity contribution in [3.8, 4) is 5.75 Å². The van der Waals surface area contributed by atoms with Crippen molar-refractivity contribution in [3.63, 3.8) is 0 Å². The summed E-state index contributed by atoms with van der Waals surface area (Å²) in [6.07, 6.45) is 2.61. The van der Waals surface area contributed by atoms with Gasteiger partial charge in [0, 0.05) is 24.7 Å². The third-order valence-electron chi connectivity index (χ3n) is 3.50. The Bertz CT molecular complexity index is 354. The van der Waals surface area contributed by atoms with E-state index in [0.29, 0.717) is 6.04 Å². The molecule has 0 aliphatic carbocycles. The average molecular weight is 234 g/mol. The second-order valence-electron chi connectivity index (χ2n) is 4.64. The molecule has 1 saturated heterocycles. The fourth-order valence-electron chi connectivity index (χ4n) is 2.62. The Morgan fingerprint density at radius 3 is 3.00 bits per heavy atom. The van der Waals surface area contributed by atoms with Gasteiger partial charge in [0.25, 0.3) is 0 Å². The molecule has 1 N–H and O–H groups in total. The molecule has 1 atom stereocenters. The fraction of sp³-hybridized carbons (Fsp3) is 0.571. The number of nitrogens with one attached hydrogen (secondary N) is 1. The molecular weight excluding hydrogens is 212 g/mol. The SMILES string of the molecule is CNCC1CCCN1Cc1ccccc1OC. The number of hydrogen-bond donors (Lipinski definition) is 1. The van der Waals surface area contributed by atoms with Crippen molar-refractivity contribution >= 4 is 0 Å².